The van der Waals surface area contributed by atoms with Crippen LogP contribution in [0.3, 0.4) is 0 Å². The van der Waals surface area contributed by atoms with Crippen LogP contribution in [0.4, 0.5) is 4.39 Å². The molecule has 2 aromatic carbocycles. The van der Waals surface area contributed by atoms with Crippen LogP contribution in [0.5, 0.6) is 5.75 Å². The second kappa shape index (κ2) is 7.23. The summed E-state index contributed by atoms with van der Waals surface area (Å²) in [6.45, 7) is 5.64. The number of hydrogen-bond acceptors (Lipinski definition) is 2. The van der Waals surface area contributed by atoms with Crippen molar-refractivity contribution in [2.24, 2.45) is 0 Å². The molecule has 0 bridgehead atoms. The van der Waals surface area contributed by atoms with E-state index in [0.717, 1.165) is 36.4 Å². The second-order valence-corrected chi connectivity index (χ2v) is 5.31. The van der Waals surface area contributed by atoms with Gasteiger partial charge in [-0.1, -0.05) is 23.8 Å². The van der Waals surface area contributed by atoms with Gasteiger partial charge in [0.25, 0.3) is 0 Å². The minimum absolute atomic E-state index is 0.172. The molecule has 0 fully saturated rings. The number of hydrogen-bond donors (Lipinski definition) is 1. The fourth-order valence-electron chi connectivity index (χ4n) is 2.43. The molecule has 0 heterocycles. The zero-order valence-electron chi connectivity index (χ0n) is 12.9. The molecule has 0 aliphatic rings. The molecule has 1 N–H and O–H groups in total. The molecule has 21 heavy (non-hydrogen) atoms. The predicted octanol–water partition coefficient (Wildman–Crippen LogP) is 3.78. The fourth-order valence-corrected chi connectivity index (χ4v) is 2.43. The summed E-state index contributed by atoms with van der Waals surface area (Å²) < 4.78 is 18.4. The third-order valence-electron chi connectivity index (χ3n) is 3.63. The normalized spacial score (nSPS) is 10.7. The van der Waals surface area contributed by atoms with Crippen LogP contribution in [0.25, 0.3) is 0 Å². The third-order valence-corrected chi connectivity index (χ3v) is 3.63. The van der Waals surface area contributed by atoms with Gasteiger partial charge in [0.05, 0.1) is 7.11 Å². The van der Waals surface area contributed by atoms with Crippen LogP contribution < -0.4 is 10.1 Å². The molecule has 2 rings (SSSR count). The van der Waals surface area contributed by atoms with E-state index in [1.165, 1.54) is 17.2 Å². The van der Waals surface area contributed by atoms with Gasteiger partial charge in [-0.2, -0.15) is 0 Å². The van der Waals surface area contributed by atoms with Crippen LogP contribution in [0.15, 0.2) is 36.4 Å². The van der Waals surface area contributed by atoms with E-state index in [1.807, 2.05) is 25.1 Å². The lowest BCUT2D eigenvalue weighted by Crippen LogP contribution is -2.17. The van der Waals surface area contributed by atoms with Crippen molar-refractivity contribution in [3.05, 3.63) is 64.5 Å². The first kappa shape index (κ1) is 15.5. The van der Waals surface area contributed by atoms with Crippen LogP contribution >= 0.6 is 0 Å². The Morgan fingerprint density at radius 1 is 1.05 bits per heavy atom. The van der Waals surface area contributed by atoms with E-state index in [9.17, 15) is 4.39 Å². The van der Waals surface area contributed by atoms with E-state index in [1.54, 1.807) is 13.2 Å². The zero-order chi connectivity index (χ0) is 15.2. The molecule has 0 aliphatic heterocycles. The highest BCUT2D eigenvalue weighted by Gasteiger charge is 2.04. The Labute approximate surface area is 126 Å². The largest absolute Gasteiger partial charge is 0.496 e. The lowest BCUT2D eigenvalue weighted by atomic mass is 10.1. The summed E-state index contributed by atoms with van der Waals surface area (Å²) in [6, 6.07) is 11.1. The van der Waals surface area contributed by atoms with Gasteiger partial charge in [-0.15, -0.1) is 0 Å². The lowest BCUT2D eigenvalue weighted by Gasteiger charge is -2.11. The van der Waals surface area contributed by atoms with E-state index < -0.39 is 0 Å². The van der Waals surface area contributed by atoms with Crippen LogP contribution in [0.1, 0.15) is 22.3 Å². The molecular weight excluding hydrogens is 265 g/mol. The molecular formula is C18H22FNO. The second-order valence-electron chi connectivity index (χ2n) is 5.31. The molecule has 3 heteroatoms. The topological polar surface area (TPSA) is 21.3 Å². The maximum Gasteiger partial charge on any atom is 0.123 e. The summed E-state index contributed by atoms with van der Waals surface area (Å²) in [5.41, 5.74) is 4.57. The highest BCUT2D eigenvalue weighted by Crippen LogP contribution is 2.19. The number of rotatable bonds is 6. The highest BCUT2D eigenvalue weighted by molar-refractivity contribution is 5.36. The van der Waals surface area contributed by atoms with Crippen molar-refractivity contribution in [2.45, 2.75) is 26.8 Å². The molecule has 0 atom stereocenters. The molecule has 2 nitrogen and oxygen atoms in total. The standard InChI is InChI=1S/C18H22FNO/c1-13-4-7-18(21-3)16(10-13)12-20-9-8-15-5-6-17(19)11-14(15)2/h4-7,10-11,20H,8-9,12H2,1-3H3. The van der Waals surface area contributed by atoms with Crippen LogP contribution in [0, 0.1) is 19.7 Å². The van der Waals surface area contributed by atoms with Crippen molar-refractivity contribution in [1.29, 1.82) is 0 Å². The average Bonchev–Trinajstić information content (AvgIpc) is 2.45. The minimum atomic E-state index is -0.172. The Morgan fingerprint density at radius 3 is 2.57 bits per heavy atom. The van der Waals surface area contributed by atoms with Gasteiger partial charge >= 0.3 is 0 Å². The Bertz CT molecular complexity index is 610. The summed E-state index contributed by atoms with van der Waals surface area (Å²) in [6.07, 6.45) is 0.889. The lowest BCUT2D eigenvalue weighted by molar-refractivity contribution is 0.407. The number of methoxy groups -OCH3 is 1. The smallest absolute Gasteiger partial charge is 0.123 e. The van der Waals surface area contributed by atoms with E-state index in [2.05, 4.69) is 18.3 Å². The highest BCUT2D eigenvalue weighted by atomic mass is 19.1. The Kier molecular flexibility index (Phi) is 5.34. The quantitative estimate of drug-likeness (QED) is 0.816. The van der Waals surface area contributed by atoms with Gasteiger partial charge in [0.15, 0.2) is 0 Å². The summed E-state index contributed by atoms with van der Waals surface area (Å²) in [7, 11) is 1.69. The monoisotopic (exact) mass is 287 g/mol. The van der Waals surface area contributed by atoms with Crippen molar-refractivity contribution in [2.75, 3.05) is 13.7 Å². The number of nitrogens with one attached hydrogen (secondary N) is 1. The first-order chi connectivity index (χ1) is 10.1. The third kappa shape index (κ3) is 4.30. The Balaban J connectivity index is 1.88. The molecule has 0 unspecified atom stereocenters. The van der Waals surface area contributed by atoms with Gasteiger partial charge in [-0.25, -0.2) is 4.39 Å². The van der Waals surface area contributed by atoms with Crippen molar-refractivity contribution in [3.63, 3.8) is 0 Å². The Hall–Kier alpha value is -1.87. The molecule has 0 radical (unpaired) electrons. The van der Waals surface area contributed by atoms with Crippen molar-refractivity contribution in [1.82, 2.24) is 5.32 Å². The van der Waals surface area contributed by atoms with E-state index in [4.69, 9.17) is 4.74 Å². The van der Waals surface area contributed by atoms with E-state index in [-0.39, 0.29) is 5.82 Å². The van der Waals surface area contributed by atoms with Gasteiger partial charge in [0.2, 0.25) is 0 Å². The van der Waals surface area contributed by atoms with Crippen LogP contribution in [0.2, 0.25) is 0 Å². The summed E-state index contributed by atoms with van der Waals surface area (Å²) in [5.74, 6) is 0.736. The predicted molar refractivity (Wildman–Crippen MR) is 84.3 cm³/mol. The molecule has 0 spiro atoms. The van der Waals surface area contributed by atoms with Gasteiger partial charge in [-0.3, -0.25) is 0 Å². The van der Waals surface area contributed by atoms with Gasteiger partial charge in [0.1, 0.15) is 11.6 Å². The number of benzene rings is 2. The van der Waals surface area contributed by atoms with Gasteiger partial charge in [-0.05, 0) is 56.1 Å². The first-order valence-electron chi connectivity index (χ1n) is 7.19. The molecule has 0 aromatic heterocycles. The van der Waals surface area contributed by atoms with Crippen molar-refractivity contribution >= 4 is 0 Å². The molecule has 2 aromatic rings. The number of aryl methyl sites for hydroxylation is 2. The van der Waals surface area contributed by atoms with Crippen molar-refractivity contribution < 1.29 is 9.13 Å². The molecule has 112 valence electrons. The molecule has 0 amide bonds. The average molecular weight is 287 g/mol. The van der Waals surface area contributed by atoms with Gasteiger partial charge in [0, 0.05) is 12.1 Å². The fraction of sp³-hybridized carbons (Fsp3) is 0.333. The van der Waals surface area contributed by atoms with Gasteiger partial charge < -0.3 is 10.1 Å². The first-order valence-corrected chi connectivity index (χ1v) is 7.19. The van der Waals surface area contributed by atoms with E-state index >= 15 is 0 Å². The summed E-state index contributed by atoms with van der Waals surface area (Å²) in [5, 5.41) is 3.42. The SMILES string of the molecule is COc1ccc(C)cc1CNCCc1ccc(F)cc1C. The van der Waals surface area contributed by atoms with Crippen molar-refractivity contribution in [3.8, 4) is 5.75 Å². The molecule has 0 saturated carbocycles. The van der Waals surface area contributed by atoms with Crippen LogP contribution in [-0.2, 0) is 13.0 Å². The maximum absolute atomic E-state index is 13.0. The Morgan fingerprint density at radius 2 is 1.86 bits per heavy atom. The van der Waals surface area contributed by atoms with E-state index in [0.29, 0.717) is 0 Å². The summed E-state index contributed by atoms with van der Waals surface area (Å²) in [4.78, 5) is 0. The minimum Gasteiger partial charge on any atom is -0.496 e. The summed E-state index contributed by atoms with van der Waals surface area (Å²) >= 11 is 0. The number of halogens is 1. The molecule has 0 aliphatic carbocycles. The van der Waals surface area contributed by atoms with Crippen LogP contribution in [-0.4, -0.2) is 13.7 Å². The maximum atomic E-state index is 13.0. The number of ether oxygens (including phenoxy) is 1. The molecule has 0 saturated heterocycles. The zero-order valence-corrected chi connectivity index (χ0v) is 12.9.